The van der Waals surface area contributed by atoms with Gasteiger partial charge in [-0.15, -0.1) is 0 Å². The van der Waals surface area contributed by atoms with Crippen molar-refractivity contribution in [3.8, 4) is 5.75 Å². The van der Waals surface area contributed by atoms with Gasteiger partial charge in [0.25, 0.3) is 0 Å². The van der Waals surface area contributed by atoms with Gasteiger partial charge < -0.3 is 10.1 Å². The van der Waals surface area contributed by atoms with Crippen LogP contribution in [0.5, 0.6) is 5.75 Å². The molecule has 0 heterocycles. The molecule has 0 fully saturated rings. The first-order valence-electron chi connectivity index (χ1n) is 5.92. The van der Waals surface area contributed by atoms with Crippen LogP contribution in [0.4, 0.5) is 0 Å². The summed E-state index contributed by atoms with van der Waals surface area (Å²) in [5.74, 6) is 1.61. The lowest BCUT2D eigenvalue weighted by atomic mass is 10.1. The molecule has 0 saturated carbocycles. The lowest BCUT2D eigenvalue weighted by Gasteiger charge is -2.21. The number of benzene rings is 1. The summed E-state index contributed by atoms with van der Waals surface area (Å²) in [4.78, 5) is 0. The van der Waals surface area contributed by atoms with Crippen LogP contribution in [-0.4, -0.2) is 19.7 Å². The van der Waals surface area contributed by atoms with Crippen LogP contribution in [-0.2, 0) is 0 Å². The topological polar surface area (TPSA) is 21.3 Å². The van der Waals surface area contributed by atoms with Crippen LogP contribution in [0.1, 0.15) is 25.0 Å². The number of hydrogen-bond acceptors (Lipinski definition) is 2. The summed E-state index contributed by atoms with van der Waals surface area (Å²) in [5.41, 5.74) is 2.41. The molecule has 1 atom stereocenters. The largest absolute Gasteiger partial charge is 0.491 e. The summed E-state index contributed by atoms with van der Waals surface area (Å²) in [6.07, 6.45) is 0. The van der Waals surface area contributed by atoms with Gasteiger partial charge in [0.05, 0.1) is 0 Å². The maximum Gasteiger partial charge on any atom is 0.125 e. The molecule has 1 aromatic rings. The van der Waals surface area contributed by atoms with Gasteiger partial charge in [0, 0.05) is 6.04 Å². The van der Waals surface area contributed by atoms with Crippen molar-refractivity contribution in [2.45, 2.75) is 33.7 Å². The summed E-state index contributed by atoms with van der Waals surface area (Å²) in [7, 11) is 1.98. The van der Waals surface area contributed by atoms with E-state index in [4.69, 9.17) is 4.74 Å². The predicted octanol–water partition coefficient (Wildman–Crippen LogP) is 2.93. The van der Waals surface area contributed by atoms with Crippen LogP contribution in [0.25, 0.3) is 0 Å². The molecule has 0 aliphatic rings. The first kappa shape index (κ1) is 13.0. The molecular formula is C14H23NO. The smallest absolute Gasteiger partial charge is 0.125 e. The van der Waals surface area contributed by atoms with Crippen LogP contribution in [0.3, 0.4) is 0 Å². The highest BCUT2D eigenvalue weighted by molar-refractivity contribution is 5.39. The van der Waals surface area contributed by atoms with Crippen molar-refractivity contribution in [2.24, 2.45) is 5.92 Å². The van der Waals surface area contributed by atoms with E-state index in [9.17, 15) is 0 Å². The summed E-state index contributed by atoms with van der Waals surface area (Å²) in [5, 5.41) is 3.29. The molecule has 0 saturated heterocycles. The Morgan fingerprint density at radius 1 is 1.19 bits per heavy atom. The Bertz CT molecular complexity index is 313. The number of aryl methyl sites for hydroxylation is 2. The number of ether oxygens (including phenoxy) is 1. The van der Waals surface area contributed by atoms with E-state index >= 15 is 0 Å². The number of likely N-dealkylation sites (N-methyl/N-ethyl adjacent to an activating group) is 1. The van der Waals surface area contributed by atoms with Gasteiger partial charge in [-0.05, 0) is 37.9 Å². The van der Waals surface area contributed by atoms with Gasteiger partial charge >= 0.3 is 0 Å². The van der Waals surface area contributed by atoms with Crippen molar-refractivity contribution in [2.75, 3.05) is 13.7 Å². The van der Waals surface area contributed by atoms with E-state index in [1.54, 1.807) is 0 Å². The Morgan fingerprint density at radius 2 is 1.75 bits per heavy atom. The molecule has 16 heavy (non-hydrogen) atoms. The highest BCUT2D eigenvalue weighted by atomic mass is 16.5. The monoisotopic (exact) mass is 221 g/mol. The Hall–Kier alpha value is -1.02. The van der Waals surface area contributed by atoms with Crippen LogP contribution < -0.4 is 10.1 Å². The van der Waals surface area contributed by atoms with Crippen LogP contribution in [0.15, 0.2) is 18.2 Å². The van der Waals surface area contributed by atoms with Gasteiger partial charge in [-0.3, -0.25) is 0 Å². The zero-order valence-corrected chi connectivity index (χ0v) is 11.0. The van der Waals surface area contributed by atoms with Crippen molar-refractivity contribution >= 4 is 0 Å². The average Bonchev–Trinajstić information content (AvgIpc) is 2.22. The second kappa shape index (κ2) is 5.90. The van der Waals surface area contributed by atoms with E-state index < -0.39 is 0 Å². The minimum Gasteiger partial charge on any atom is -0.491 e. The van der Waals surface area contributed by atoms with E-state index in [2.05, 4.69) is 51.2 Å². The molecule has 0 amide bonds. The fraction of sp³-hybridized carbons (Fsp3) is 0.571. The molecule has 0 bridgehead atoms. The summed E-state index contributed by atoms with van der Waals surface area (Å²) < 4.78 is 5.92. The molecule has 1 aromatic carbocycles. The molecule has 0 aliphatic carbocycles. The van der Waals surface area contributed by atoms with Crippen molar-refractivity contribution in [1.82, 2.24) is 5.32 Å². The average molecular weight is 221 g/mol. The molecule has 0 radical (unpaired) electrons. The van der Waals surface area contributed by atoms with E-state index in [1.807, 2.05) is 7.05 Å². The number of rotatable bonds is 5. The molecule has 90 valence electrons. The minimum atomic E-state index is 0.402. The fourth-order valence-corrected chi connectivity index (χ4v) is 1.81. The van der Waals surface area contributed by atoms with Gasteiger partial charge in [0.15, 0.2) is 0 Å². The van der Waals surface area contributed by atoms with E-state index in [0.29, 0.717) is 12.0 Å². The van der Waals surface area contributed by atoms with Crippen molar-refractivity contribution in [3.63, 3.8) is 0 Å². The van der Waals surface area contributed by atoms with Crippen LogP contribution >= 0.6 is 0 Å². The Morgan fingerprint density at radius 3 is 2.19 bits per heavy atom. The van der Waals surface area contributed by atoms with E-state index in [-0.39, 0.29) is 0 Å². The minimum absolute atomic E-state index is 0.402. The molecule has 2 heteroatoms. The third kappa shape index (κ3) is 3.24. The molecule has 1 rings (SSSR count). The van der Waals surface area contributed by atoms with E-state index in [1.165, 1.54) is 11.1 Å². The Kier molecular flexibility index (Phi) is 4.81. The van der Waals surface area contributed by atoms with Gasteiger partial charge in [-0.25, -0.2) is 0 Å². The maximum absolute atomic E-state index is 5.92. The second-order valence-electron chi connectivity index (χ2n) is 4.67. The molecule has 0 spiro atoms. The van der Waals surface area contributed by atoms with Gasteiger partial charge in [-0.2, -0.15) is 0 Å². The summed E-state index contributed by atoms with van der Waals surface area (Å²) in [6, 6.07) is 6.65. The third-order valence-corrected chi connectivity index (χ3v) is 2.99. The molecule has 1 unspecified atom stereocenters. The highest BCUT2D eigenvalue weighted by Crippen LogP contribution is 2.22. The molecule has 0 aromatic heterocycles. The molecule has 2 nitrogen and oxygen atoms in total. The van der Waals surface area contributed by atoms with Crippen LogP contribution in [0, 0.1) is 19.8 Å². The lowest BCUT2D eigenvalue weighted by molar-refractivity contribution is 0.235. The quantitative estimate of drug-likeness (QED) is 0.825. The molecular weight excluding hydrogens is 198 g/mol. The third-order valence-electron chi connectivity index (χ3n) is 2.99. The van der Waals surface area contributed by atoms with Gasteiger partial charge in [0.1, 0.15) is 12.4 Å². The number of hydrogen-bond donors (Lipinski definition) is 1. The lowest BCUT2D eigenvalue weighted by Crippen LogP contribution is -2.36. The normalized spacial score (nSPS) is 12.9. The SMILES string of the molecule is CNC(COc1c(C)cccc1C)C(C)C. The highest BCUT2D eigenvalue weighted by Gasteiger charge is 2.12. The van der Waals surface area contributed by atoms with Crippen molar-refractivity contribution in [1.29, 1.82) is 0 Å². The van der Waals surface area contributed by atoms with Gasteiger partial charge in [0.2, 0.25) is 0 Å². The van der Waals surface area contributed by atoms with E-state index in [0.717, 1.165) is 12.4 Å². The van der Waals surface area contributed by atoms with Crippen LogP contribution in [0.2, 0.25) is 0 Å². The van der Waals surface area contributed by atoms with Crippen molar-refractivity contribution < 1.29 is 4.74 Å². The zero-order chi connectivity index (χ0) is 12.1. The van der Waals surface area contributed by atoms with Crippen molar-refractivity contribution in [3.05, 3.63) is 29.3 Å². The number of para-hydroxylation sites is 1. The Labute approximate surface area is 99.0 Å². The maximum atomic E-state index is 5.92. The first-order valence-corrected chi connectivity index (χ1v) is 5.92. The summed E-state index contributed by atoms with van der Waals surface area (Å²) >= 11 is 0. The fourth-order valence-electron chi connectivity index (χ4n) is 1.81. The first-order chi connectivity index (χ1) is 7.56. The van der Waals surface area contributed by atoms with Gasteiger partial charge in [-0.1, -0.05) is 32.0 Å². The molecule has 0 aliphatic heterocycles. The summed E-state index contributed by atoms with van der Waals surface area (Å²) in [6.45, 7) is 9.31. The number of nitrogens with one attached hydrogen (secondary N) is 1. The predicted molar refractivity (Wildman–Crippen MR) is 69.1 cm³/mol. The second-order valence-corrected chi connectivity index (χ2v) is 4.67. The Balaban J connectivity index is 2.67. The zero-order valence-electron chi connectivity index (χ0n) is 11.0. The molecule has 1 N–H and O–H groups in total. The standard InChI is InChI=1S/C14H23NO/c1-10(2)13(15-5)9-16-14-11(3)7-6-8-12(14)4/h6-8,10,13,15H,9H2,1-5H3.